The van der Waals surface area contributed by atoms with Gasteiger partial charge >= 0.3 is 0 Å². The summed E-state index contributed by atoms with van der Waals surface area (Å²) in [4.78, 5) is 12.0. The molecule has 1 aromatic carbocycles. The monoisotopic (exact) mass is 459 g/mol. The number of anilines is 1. The molecule has 0 amide bonds. The molecule has 4 heterocycles. The number of aryl methyl sites for hydroxylation is 2. The second kappa shape index (κ2) is 8.24. The number of phenolic OH excluding ortho intramolecular Hbond substituents is 1. The molecular weight excluding hydrogens is 426 g/mol. The molecule has 178 valence electrons. The van der Waals surface area contributed by atoms with Gasteiger partial charge < -0.3 is 20.3 Å². The molecule has 2 bridgehead atoms. The van der Waals surface area contributed by atoms with Crippen molar-refractivity contribution >= 4 is 5.82 Å². The molecule has 0 saturated carbocycles. The largest absolute Gasteiger partial charge is 0.507 e. The topological polar surface area (TPSA) is 92.1 Å². The molecule has 2 fully saturated rings. The van der Waals surface area contributed by atoms with Gasteiger partial charge in [0.2, 0.25) is 0 Å². The lowest BCUT2D eigenvalue weighted by Gasteiger charge is -2.42. The number of nitrogens with zero attached hydrogens (tertiary/aromatic N) is 3. The molecule has 2 saturated heterocycles. The highest BCUT2D eigenvalue weighted by Gasteiger charge is 2.48. The van der Waals surface area contributed by atoms with Gasteiger partial charge in [-0.25, -0.2) is 0 Å². The van der Waals surface area contributed by atoms with Crippen molar-refractivity contribution < 1.29 is 5.11 Å². The fourth-order valence-electron chi connectivity index (χ4n) is 5.95. The zero-order valence-corrected chi connectivity index (χ0v) is 20.4. The SMILES string of the molecule is Cc1cc(-c2ccc(NCC3CC4(C)CCC(C)(C3)N4)nn2)c(O)cc1-c1ccn(C)c(=O)c1. The predicted molar refractivity (Wildman–Crippen MR) is 135 cm³/mol. The summed E-state index contributed by atoms with van der Waals surface area (Å²) in [5.41, 5.74) is 4.21. The Hall–Kier alpha value is -3.19. The number of piperidine rings is 1. The smallest absolute Gasteiger partial charge is 0.250 e. The Labute approximate surface area is 200 Å². The number of aromatic hydroxyl groups is 1. The summed E-state index contributed by atoms with van der Waals surface area (Å²) >= 11 is 0. The lowest BCUT2D eigenvalue weighted by atomic mass is 9.80. The van der Waals surface area contributed by atoms with Crippen molar-refractivity contribution in [3.8, 4) is 28.1 Å². The summed E-state index contributed by atoms with van der Waals surface area (Å²) in [5.74, 6) is 1.47. The Morgan fingerprint density at radius 1 is 1.09 bits per heavy atom. The quantitative estimate of drug-likeness (QED) is 0.528. The van der Waals surface area contributed by atoms with E-state index >= 15 is 0 Å². The minimum absolute atomic E-state index is 0.0882. The number of hydrogen-bond acceptors (Lipinski definition) is 6. The highest BCUT2D eigenvalue weighted by molar-refractivity contribution is 5.77. The second-order valence-electron chi connectivity index (χ2n) is 10.8. The van der Waals surface area contributed by atoms with Gasteiger partial charge in [-0.15, -0.1) is 10.2 Å². The van der Waals surface area contributed by atoms with E-state index in [1.165, 1.54) is 30.3 Å². The Balaban J connectivity index is 1.30. The predicted octanol–water partition coefficient (Wildman–Crippen LogP) is 4.25. The molecule has 2 atom stereocenters. The maximum absolute atomic E-state index is 12.0. The van der Waals surface area contributed by atoms with Crippen LogP contribution in [0.3, 0.4) is 0 Å². The normalized spacial score (nSPS) is 25.9. The van der Waals surface area contributed by atoms with Gasteiger partial charge in [0.25, 0.3) is 5.56 Å². The minimum Gasteiger partial charge on any atom is -0.507 e. The van der Waals surface area contributed by atoms with Crippen LogP contribution in [-0.2, 0) is 7.05 Å². The first-order valence-electron chi connectivity index (χ1n) is 12.0. The lowest BCUT2D eigenvalue weighted by Crippen LogP contribution is -2.54. The van der Waals surface area contributed by atoms with Crippen LogP contribution in [0.1, 0.15) is 45.1 Å². The van der Waals surface area contributed by atoms with Gasteiger partial charge in [0, 0.05) is 42.5 Å². The average Bonchev–Trinajstić information content (AvgIpc) is 3.03. The van der Waals surface area contributed by atoms with Crippen LogP contribution in [0.25, 0.3) is 22.4 Å². The minimum atomic E-state index is -0.0882. The summed E-state index contributed by atoms with van der Waals surface area (Å²) in [6.45, 7) is 7.54. The summed E-state index contributed by atoms with van der Waals surface area (Å²) in [6.07, 6.45) is 6.57. The zero-order valence-electron chi connectivity index (χ0n) is 20.4. The highest BCUT2D eigenvalue weighted by Crippen LogP contribution is 2.44. The first-order chi connectivity index (χ1) is 16.1. The van der Waals surface area contributed by atoms with E-state index in [0.717, 1.165) is 29.1 Å². The van der Waals surface area contributed by atoms with Crippen molar-refractivity contribution in [2.45, 2.75) is 57.5 Å². The zero-order chi connectivity index (χ0) is 24.1. The van der Waals surface area contributed by atoms with Crippen LogP contribution < -0.4 is 16.2 Å². The summed E-state index contributed by atoms with van der Waals surface area (Å²) in [6, 6.07) is 10.8. The van der Waals surface area contributed by atoms with Crippen molar-refractivity contribution in [2.24, 2.45) is 13.0 Å². The molecule has 0 aliphatic carbocycles. The van der Waals surface area contributed by atoms with Crippen molar-refractivity contribution in [3.05, 3.63) is 58.5 Å². The van der Waals surface area contributed by atoms with E-state index in [-0.39, 0.29) is 22.4 Å². The molecule has 0 radical (unpaired) electrons. The van der Waals surface area contributed by atoms with Gasteiger partial charge in [-0.2, -0.15) is 0 Å². The van der Waals surface area contributed by atoms with Crippen LogP contribution in [0.4, 0.5) is 5.82 Å². The van der Waals surface area contributed by atoms with Crippen molar-refractivity contribution in [3.63, 3.8) is 0 Å². The maximum Gasteiger partial charge on any atom is 0.250 e. The van der Waals surface area contributed by atoms with Crippen LogP contribution >= 0.6 is 0 Å². The van der Waals surface area contributed by atoms with Crippen molar-refractivity contribution in [1.82, 2.24) is 20.1 Å². The van der Waals surface area contributed by atoms with Crippen LogP contribution in [0, 0.1) is 12.8 Å². The average molecular weight is 460 g/mol. The van der Waals surface area contributed by atoms with E-state index in [9.17, 15) is 9.90 Å². The number of rotatable bonds is 5. The third-order valence-corrected chi connectivity index (χ3v) is 7.58. The number of fused-ring (bicyclic) bond motifs is 2. The molecule has 2 aliphatic heterocycles. The molecule has 3 N–H and O–H groups in total. The first-order valence-corrected chi connectivity index (χ1v) is 12.0. The Morgan fingerprint density at radius 3 is 2.47 bits per heavy atom. The van der Waals surface area contributed by atoms with E-state index in [2.05, 4.69) is 34.7 Å². The van der Waals surface area contributed by atoms with Crippen LogP contribution in [0.2, 0.25) is 0 Å². The molecule has 7 heteroatoms. The van der Waals surface area contributed by atoms with Gasteiger partial charge in [-0.1, -0.05) is 0 Å². The van der Waals surface area contributed by atoms with Gasteiger partial charge in [-0.05, 0) is 99.4 Å². The number of hydrogen-bond donors (Lipinski definition) is 3. The molecule has 2 aromatic heterocycles. The highest BCUT2D eigenvalue weighted by atomic mass is 16.3. The number of nitrogens with one attached hydrogen (secondary N) is 2. The summed E-state index contributed by atoms with van der Waals surface area (Å²) in [5, 5.41) is 26.8. The molecule has 3 aromatic rings. The van der Waals surface area contributed by atoms with Gasteiger partial charge in [-0.3, -0.25) is 4.79 Å². The molecule has 34 heavy (non-hydrogen) atoms. The molecule has 5 rings (SSSR count). The molecule has 2 aliphatic rings. The van der Waals surface area contributed by atoms with E-state index < -0.39 is 0 Å². The third kappa shape index (κ3) is 4.32. The van der Waals surface area contributed by atoms with Crippen molar-refractivity contribution in [2.75, 3.05) is 11.9 Å². The maximum atomic E-state index is 12.0. The summed E-state index contributed by atoms with van der Waals surface area (Å²) < 4.78 is 1.52. The Kier molecular flexibility index (Phi) is 5.47. The molecule has 7 nitrogen and oxygen atoms in total. The third-order valence-electron chi connectivity index (χ3n) is 7.58. The van der Waals surface area contributed by atoms with Crippen LogP contribution in [0.5, 0.6) is 5.75 Å². The summed E-state index contributed by atoms with van der Waals surface area (Å²) in [7, 11) is 1.72. The standard InChI is InChI=1S/C27H33N5O2/c1-17-11-21(23(33)13-20(17)19-7-10-32(4)25(34)12-19)22-5-6-24(30-29-22)28-16-18-14-26(2)8-9-27(3,15-18)31-26/h5-7,10-13,18,31,33H,8-9,14-16H2,1-4H3,(H,28,30). The number of pyridine rings is 1. The molecule has 2 unspecified atom stereocenters. The first kappa shape index (κ1) is 22.6. The Bertz CT molecular complexity index is 1270. The molecular formula is C27H33N5O2. The van der Waals surface area contributed by atoms with Gasteiger partial charge in [0.05, 0.1) is 5.69 Å². The second-order valence-corrected chi connectivity index (χ2v) is 10.8. The molecule has 0 spiro atoms. The van der Waals surface area contributed by atoms with E-state index in [0.29, 0.717) is 17.2 Å². The number of phenols is 1. The fraction of sp³-hybridized carbons (Fsp3) is 0.444. The van der Waals surface area contributed by atoms with Crippen LogP contribution in [0.15, 0.2) is 47.4 Å². The number of aromatic nitrogens is 3. The van der Waals surface area contributed by atoms with Gasteiger partial charge in [0.15, 0.2) is 0 Å². The van der Waals surface area contributed by atoms with E-state index in [1.54, 1.807) is 25.4 Å². The van der Waals surface area contributed by atoms with Gasteiger partial charge in [0.1, 0.15) is 11.6 Å². The fourth-order valence-corrected chi connectivity index (χ4v) is 5.95. The van der Waals surface area contributed by atoms with E-state index in [1.807, 2.05) is 31.2 Å². The number of benzene rings is 1. The van der Waals surface area contributed by atoms with Crippen molar-refractivity contribution in [1.29, 1.82) is 0 Å². The van der Waals surface area contributed by atoms with E-state index in [4.69, 9.17) is 0 Å². The lowest BCUT2D eigenvalue weighted by molar-refractivity contribution is 0.178. The Morgan fingerprint density at radius 2 is 1.82 bits per heavy atom. The van der Waals surface area contributed by atoms with Crippen LogP contribution in [-0.4, -0.2) is 37.5 Å².